The maximum Gasteiger partial charge on any atom is 0.407 e. The molecule has 5 heterocycles. The summed E-state index contributed by atoms with van der Waals surface area (Å²) in [6.45, 7) is 15.4. The van der Waals surface area contributed by atoms with E-state index in [0.717, 1.165) is 71.7 Å². The van der Waals surface area contributed by atoms with Gasteiger partial charge in [0.15, 0.2) is 0 Å². The summed E-state index contributed by atoms with van der Waals surface area (Å²) in [7, 11) is 5.53. The molecule has 370 valence electrons. The van der Waals surface area contributed by atoms with Crippen LogP contribution in [0.1, 0.15) is 124 Å². The first kappa shape index (κ1) is 49.4. The molecule has 4 aliphatic rings. The van der Waals surface area contributed by atoms with Gasteiger partial charge in [-0.25, -0.2) is 14.2 Å². The van der Waals surface area contributed by atoms with Gasteiger partial charge in [0.2, 0.25) is 0 Å². The van der Waals surface area contributed by atoms with Crippen molar-refractivity contribution in [2.45, 2.75) is 105 Å². The van der Waals surface area contributed by atoms with E-state index in [0.29, 0.717) is 77.3 Å². The third-order valence-electron chi connectivity index (χ3n) is 14.5. The summed E-state index contributed by atoms with van der Waals surface area (Å²) in [5.41, 5.74) is 9.78. The van der Waals surface area contributed by atoms with E-state index in [1.807, 2.05) is 26.8 Å². The van der Waals surface area contributed by atoms with E-state index >= 15 is 4.39 Å². The molecular weight excluding hydrogens is 932 g/mol. The topological polar surface area (TPSA) is 167 Å². The Labute approximate surface area is 415 Å². The van der Waals surface area contributed by atoms with Crippen molar-refractivity contribution in [1.29, 1.82) is 0 Å². The summed E-state index contributed by atoms with van der Waals surface area (Å²) in [5, 5.41) is 24.7. The van der Waals surface area contributed by atoms with E-state index in [1.54, 1.807) is 44.0 Å². The second kappa shape index (κ2) is 20.6. The number of likely N-dealkylation sites (N-methyl/N-ethyl adjacent to an activating group) is 2. The Morgan fingerprint density at radius 3 is 2.53 bits per heavy atom. The van der Waals surface area contributed by atoms with E-state index in [4.69, 9.17) is 14.5 Å². The number of carbonyl (C=O) groups excluding carboxylic acids is 3. The van der Waals surface area contributed by atoms with Gasteiger partial charge in [-0.3, -0.25) is 19.3 Å². The number of phenols is 2. The number of nitrogens with zero attached hydrogens (tertiary/aromatic N) is 5. The lowest BCUT2D eigenvalue weighted by atomic mass is 9.81. The number of hydrogen-bond acceptors (Lipinski definition) is 13. The van der Waals surface area contributed by atoms with Crippen molar-refractivity contribution in [1.82, 2.24) is 29.6 Å². The number of nitrogens with one attached hydrogen (secondary N) is 1. The van der Waals surface area contributed by atoms with Gasteiger partial charge in [0, 0.05) is 73.9 Å². The van der Waals surface area contributed by atoms with Crippen molar-refractivity contribution in [3.63, 3.8) is 0 Å². The number of aromatic hydroxyl groups is 2. The van der Waals surface area contributed by atoms with Gasteiger partial charge in [0.25, 0.3) is 11.5 Å². The van der Waals surface area contributed by atoms with Crippen molar-refractivity contribution < 1.29 is 38.5 Å². The normalized spacial score (nSPS) is 16.7. The zero-order chi connectivity index (χ0) is 49.5. The molecule has 70 heavy (non-hydrogen) atoms. The van der Waals surface area contributed by atoms with E-state index in [-0.39, 0.29) is 66.0 Å². The highest BCUT2D eigenvalue weighted by molar-refractivity contribution is 8.76. The molecule has 1 aliphatic carbocycles. The van der Waals surface area contributed by atoms with Crippen molar-refractivity contribution in [2.24, 2.45) is 0 Å². The molecule has 2 atom stereocenters. The average Bonchev–Trinajstić information content (AvgIpc) is 3.93. The van der Waals surface area contributed by atoms with E-state index in [9.17, 15) is 29.4 Å². The molecule has 3 aromatic carbocycles. The molecule has 9 rings (SSSR count). The molecule has 3 N–H and O–H groups in total. The van der Waals surface area contributed by atoms with Crippen molar-refractivity contribution in [2.75, 3.05) is 51.3 Å². The summed E-state index contributed by atoms with van der Waals surface area (Å²) in [4.78, 5) is 64.9. The second-order valence-electron chi connectivity index (χ2n) is 19.2. The number of aromatic nitrogens is 2. The van der Waals surface area contributed by atoms with Crippen LogP contribution in [0.2, 0.25) is 0 Å². The largest absolute Gasteiger partial charge is 0.508 e. The number of fused-ring (bicyclic) bond motifs is 6. The Balaban J connectivity index is 0.733. The van der Waals surface area contributed by atoms with Gasteiger partial charge in [0.1, 0.15) is 30.5 Å². The number of phenolic OH excluding ortho intramolecular Hbond substituents is 2. The smallest absolute Gasteiger partial charge is 0.407 e. The Morgan fingerprint density at radius 1 is 0.971 bits per heavy atom. The number of rotatable bonds is 17. The summed E-state index contributed by atoms with van der Waals surface area (Å²) in [6, 6.07) is 12.2. The van der Waals surface area contributed by atoms with Crippen LogP contribution in [0.5, 0.6) is 11.5 Å². The molecule has 0 bridgehead atoms. The van der Waals surface area contributed by atoms with Gasteiger partial charge >= 0.3 is 12.1 Å². The van der Waals surface area contributed by atoms with Crippen LogP contribution < -0.4 is 10.9 Å². The standard InChI is InChI=1S/C53H61FN6O8S2/c1-7-34-37-21-44-49-39(27-60(44)51(64)40(37)28-68-52(34)65)48-42(12-11-35-30(5)41(54)22-43(55-49)47(35)48)56-53(66)67-16-18-70-69-17-15-57(6)13-14-58(8-2)24-31-9-10-32-25-59(26-33(32)19-31)50(63)38-20-36(29(3)4)45(61)23-46(38)62/h9-10,19-23,29,34,42,61-62H,7-8,11-18,24-28H2,1-6H3,(H,56,66). The number of carbonyl (C=O) groups is 3. The summed E-state index contributed by atoms with van der Waals surface area (Å²) in [6.07, 6.45) is 1.02. The van der Waals surface area contributed by atoms with E-state index in [1.165, 1.54) is 17.7 Å². The van der Waals surface area contributed by atoms with Gasteiger partial charge in [-0.1, -0.05) is 67.5 Å². The quantitative estimate of drug-likeness (QED) is 0.0452. The minimum absolute atomic E-state index is 0.00420. The average molecular weight is 993 g/mol. The van der Waals surface area contributed by atoms with Crippen LogP contribution in [0.25, 0.3) is 22.3 Å². The lowest BCUT2D eigenvalue weighted by molar-refractivity contribution is -0.148. The van der Waals surface area contributed by atoms with Crippen LogP contribution in [0, 0.1) is 12.7 Å². The monoisotopic (exact) mass is 992 g/mol. The number of alkyl carbamates (subject to hydrolysis) is 1. The molecule has 0 radical (unpaired) electrons. The van der Waals surface area contributed by atoms with Gasteiger partial charge in [0.05, 0.1) is 46.5 Å². The highest BCUT2D eigenvalue weighted by atomic mass is 33.1. The first-order valence-electron chi connectivity index (χ1n) is 24.3. The van der Waals surface area contributed by atoms with Crippen LogP contribution in [-0.4, -0.2) is 104 Å². The van der Waals surface area contributed by atoms with Crippen molar-refractivity contribution in [3.05, 3.63) is 120 Å². The predicted octanol–water partition coefficient (Wildman–Crippen LogP) is 8.66. The molecule has 0 saturated heterocycles. The zero-order valence-corrected chi connectivity index (χ0v) is 42.3. The molecule has 0 spiro atoms. The Kier molecular flexibility index (Phi) is 14.5. The van der Waals surface area contributed by atoms with Gasteiger partial charge in [-0.05, 0) is 102 Å². The number of pyridine rings is 2. The van der Waals surface area contributed by atoms with Crippen LogP contribution in [-0.2, 0) is 53.5 Å². The van der Waals surface area contributed by atoms with E-state index < -0.39 is 18.1 Å². The number of ether oxygens (including phenoxy) is 2. The van der Waals surface area contributed by atoms with E-state index in [2.05, 4.69) is 47.3 Å². The number of halogens is 1. The van der Waals surface area contributed by atoms with Crippen LogP contribution in [0.3, 0.4) is 0 Å². The first-order valence-corrected chi connectivity index (χ1v) is 26.8. The van der Waals surface area contributed by atoms with Crippen molar-refractivity contribution >= 4 is 50.5 Å². The van der Waals surface area contributed by atoms with Gasteiger partial charge < -0.3 is 39.4 Å². The molecule has 2 aromatic heterocycles. The maximum atomic E-state index is 15.3. The Morgan fingerprint density at radius 2 is 1.76 bits per heavy atom. The van der Waals surface area contributed by atoms with Crippen molar-refractivity contribution in [3.8, 4) is 22.9 Å². The maximum absolute atomic E-state index is 15.3. The third kappa shape index (κ3) is 9.61. The highest BCUT2D eigenvalue weighted by Gasteiger charge is 2.38. The molecule has 2 unspecified atom stereocenters. The molecule has 14 nitrogen and oxygen atoms in total. The molecule has 3 aliphatic heterocycles. The molecule has 0 saturated carbocycles. The van der Waals surface area contributed by atoms with Gasteiger partial charge in [-0.2, -0.15) is 0 Å². The summed E-state index contributed by atoms with van der Waals surface area (Å²) in [5.74, 6) is -0.209. The fourth-order valence-corrected chi connectivity index (χ4v) is 12.4. The summed E-state index contributed by atoms with van der Waals surface area (Å²) >= 11 is 0. The van der Waals surface area contributed by atoms with Gasteiger partial charge in [-0.15, -0.1) is 0 Å². The molecule has 2 amide bonds. The highest BCUT2D eigenvalue weighted by Crippen LogP contribution is 2.46. The second-order valence-corrected chi connectivity index (χ2v) is 21.9. The Hall–Kier alpha value is -5.62. The molecular formula is C53H61FN6O8S2. The number of cyclic esters (lactones) is 1. The lowest BCUT2D eigenvalue weighted by Crippen LogP contribution is -2.34. The third-order valence-corrected chi connectivity index (χ3v) is 16.8. The number of benzene rings is 3. The molecule has 17 heteroatoms. The summed E-state index contributed by atoms with van der Waals surface area (Å²) < 4.78 is 28.1. The number of esters is 1. The Bertz CT molecular complexity index is 2960. The SMILES string of the molecule is CCC1C(=O)OCc2c1cc1n(c2=O)Cc2c-1nc1cc(F)c(C)c3c1c2C(NC(=O)OCCSSCCN(C)CCN(CC)Cc1ccc2c(c1)CN(C(=O)c1cc(C(C)C)c(O)cc1O)C2)CC3. The fraction of sp³-hybridized carbons (Fsp3) is 0.453. The number of amides is 2. The first-order chi connectivity index (χ1) is 33.6. The van der Waals surface area contributed by atoms with Crippen LogP contribution in [0.15, 0.2) is 47.3 Å². The molecule has 0 fully saturated rings. The number of hydrogen-bond donors (Lipinski definition) is 3. The minimum Gasteiger partial charge on any atom is -0.508 e. The fourth-order valence-electron chi connectivity index (χ4n) is 10.5. The zero-order valence-electron chi connectivity index (χ0n) is 40.7. The van der Waals surface area contributed by atoms with Crippen LogP contribution >= 0.6 is 21.6 Å². The predicted molar refractivity (Wildman–Crippen MR) is 271 cm³/mol. The number of aryl methyl sites for hydroxylation is 1. The lowest BCUT2D eigenvalue weighted by Gasteiger charge is -2.29. The van der Waals surface area contributed by atoms with Crippen LogP contribution in [0.4, 0.5) is 9.18 Å². The minimum atomic E-state index is -0.552. The molecule has 5 aromatic rings.